The molecule has 0 radical (unpaired) electrons. The summed E-state index contributed by atoms with van der Waals surface area (Å²) in [6.07, 6.45) is 1.53. The SMILES string of the molecule is CCOC(=O)c1c(C)c(C(=O)C(C)N(Cc2ccco2)C(C)=O)c(C)n1C. The predicted octanol–water partition coefficient (Wildman–Crippen LogP) is 3.03. The predicted molar refractivity (Wildman–Crippen MR) is 99.6 cm³/mol. The Morgan fingerprint density at radius 2 is 1.96 bits per heavy atom. The van der Waals surface area contributed by atoms with Crippen molar-refractivity contribution in [3.8, 4) is 0 Å². The van der Waals surface area contributed by atoms with Crippen LogP contribution in [0.2, 0.25) is 0 Å². The third-order valence-electron chi connectivity index (χ3n) is 4.80. The van der Waals surface area contributed by atoms with Crippen LogP contribution in [0.15, 0.2) is 22.8 Å². The lowest BCUT2D eigenvalue weighted by molar-refractivity contribution is -0.131. The quantitative estimate of drug-likeness (QED) is 0.550. The van der Waals surface area contributed by atoms with Crippen LogP contribution < -0.4 is 0 Å². The van der Waals surface area contributed by atoms with Crippen LogP contribution in [0.1, 0.15) is 58.6 Å². The van der Waals surface area contributed by atoms with E-state index in [-0.39, 0.29) is 24.8 Å². The molecule has 2 heterocycles. The third kappa shape index (κ3) is 3.97. The zero-order chi connectivity index (χ0) is 20.3. The molecule has 27 heavy (non-hydrogen) atoms. The van der Waals surface area contributed by atoms with E-state index in [0.29, 0.717) is 28.3 Å². The van der Waals surface area contributed by atoms with Crippen molar-refractivity contribution in [2.24, 2.45) is 7.05 Å². The minimum Gasteiger partial charge on any atom is -0.467 e. The summed E-state index contributed by atoms with van der Waals surface area (Å²) in [7, 11) is 1.72. The number of carbonyl (C=O) groups is 3. The average Bonchev–Trinajstić information content (AvgIpc) is 3.19. The van der Waals surface area contributed by atoms with E-state index < -0.39 is 12.0 Å². The van der Waals surface area contributed by atoms with Crippen LogP contribution in [0.3, 0.4) is 0 Å². The van der Waals surface area contributed by atoms with Crippen molar-refractivity contribution >= 4 is 17.7 Å². The second-order valence-electron chi connectivity index (χ2n) is 6.48. The largest absolute Gasteiger partial charge is 0.467 e. The Bertz CT molecular complexity index is 848. The van der Waals surface area contributed by atoms with Gasteiger partial charge in [0.1, 0.15) is 11.5 Å². The summed E-state index contributed by atoms with van der Waals surface area (Å²) in [5, 5.41) is 0. The molecule has 2 aromatic heterocycles. The number of hydrogen-bond acceptors (Lipinski definition) is 5. The van der Waals surface area contributed by atoms with Crippen LogP contribution >= 0.6 is 0 Å². The number of Topliss-reactive ketones (excluding diaryl/α,β-unsaturated/α-hetero) is 1. The van der Waals surface area contributed by atoms with E-state index in [1.54, 1.807) is 51.4 Å². The molecule has 2 aromatic rings. The number of aromatic nitrogens is 1. The van der Waals surface area contributed by atoms with Gasteiger partial charge in [0, 0.05) is 25.2 Å². The fourth-order valence-electron chi connectivity index (χ4n) is 3.27. The lowest BCUT2D eigenvalue weighted by Crippen LogP contribution is -2.41. The lowest BCUT2D eigenvalue weighted by atomic mass is 9.99. The van der Waals surface area contributed by atoms with Crippen molar-refractivity contribution in [1.29, 1.82) is 0 Å². The lowest BCUT2D eigenvalue weighted by Gasteiger charge is -2.26. The Morgan fingerprint density at radius 1 is 1.30 bits per heavy atom. The first-order valence-corrected chi connectivity index (χ1v) is 8.87. The van der Waals surface area contributed by atoms with Gasteiger partial charge in [0.05, 0.1) is 25.5 Å². The van der Waals surface area contributed by atoms with E-state index in [2.05, 4.69) is 0 Å². The number of rotatable bonds is 7. The Morgan fingerprint density at radius 3 is 2.48 bits per heavy atom. The first-order valence-electron chi connectivity index (χ1n) is 8.87. The molecule has 7 nitrogen and oxygen atoms in total. The first-order chi connectivity index (χ1) is 12.7. The van der Waals surface area contributed by atoms with Crippen molar-refractivity contribution in [1.82, 2.24) is 9.47 Å². The monoisotopic (exact) mass is 374 g/mol. The highest BCUT2D eigenvalue weighted by Gasteiger charge is 2.31. The first kappa shape index (κ1) is 20.5. The number of ether oxygens (including phenoxy) is 1. The molecule has 1 unspecified atom stereocenters. The van der Waals surface area contributed by atoms with E-state index >= 15 is 0 Å². The van der Waals surface area contributed by atoms with E-state index in [1.165, 1.54) is 18.1 Å². The van der Waals surface area contributed by atoms with Gasteiger partial charge in [-0.1, -0.05) is 0 Å². The number of nitrogens with zero attached hydrogens (tertiary/aromatic N) is 2. The minimum atomic E-state index is -0.706. The molecule has 1 amide bonds. The van der Waals surface area contributed by atoms with Gasteiger partial charge in [0.25, 0.3) is 0 Å². The second kappa shape index (κ2) is 8.24. The fraction of sp³-hybridized carbons (Fsp3) is 0.450. The topological polar surface area (TPSA) is 81.8 Å². The van der Waals surface area contributed by atoms with Gasteiger partial charge in [-0.15, -0.1) is 0 Å². The Hall–Kier alpha value is -2.83. The molecule has 0 spiro atoms. The molecular formula is C20H26N2O5. The molecular weight excluding hydrogens is 348 g/mol. The van der Waals surface area contributed by atoms with Crippen LogP contribution in [0.25, 0.3) is 0 Å². The summed E-state index contributed by atoms with van der Waals surface area (Å²) in [5.74, 6) is -0.327. The molecule has 0 aliphatic rings. The second-order valence-corrected chi connectivity index (χ2v) is 6.48. The summed E-state index contributed by atoms with van der Waals surface area (Å²) in [6, 6.07) is 2.78. The number of amides is 1. The van der Waals surface area contributed by atoms with Crippen molar-refractivity contribution in [3.05, 3.63) is 46.7 Å². The molecule has 0 aliphatic heterocycles. The highest BCUT2D eigenvalue weighted by Crippen LogP contribution is 2.25. The molecule has 0 bridgehead atoms. The van der Waals surface area contributed by atoms with Crippen molar-refractivity contribution in [2.75, 3.05) is 6.61 Å². The van der Waals surface area contributed by atoms with Gasteiger partial charge in [-0.2, -0.15) is 0 Å². The zero-order valence-corrected chi connectivity index (χ0v) is 16.7. The van der Waals surface area contributed by atoms with E-state index in [1.807, 2.05) is 0 Å². The summed E-state index contributed by atoms with van der Waals surface area (Å²) in [6.45, 7) is 8.79. The smallest absolute Gasteiger partial charge is 0.355 e. The van der Waals surface area contributed by atoms with Gasteiger partial charge >= 0.3 is 5.97 Å². The third-order valence-corrected chi connectivity index (χ3v) is 4.80. The molecule has 0 saturated carbocycles. The van der Waals surface area contributed by atoms with Gasteiger partial charge in [0.15, 0.2) is 5.78 Å². The van der Waals surface area contributed by atoms with Gasteiger partial charge in [-0.3, -0.25) is 9.59 Å². The van der Waals surface area contributed by atoms with Crippen LogP contribution in [-0.2, 0) is 23.1 Å². The summed E-state index contributed by atoms with van der Waals surface area (Å²) >= 11 is 0. The Labute approximate surface area is 158 Å². The zero-order valence-electron chi connectivity index (χ0n) is 16.7. The van der Waals surface area contributed by atoms with Crippen molar-refractivity contribution in [2.45, 2.75) is 47.2 Å². The highest BCUT2D eigenvalue weighted by atomic mass is 16.5. The van der Waals surface area contributed by atoms with Crippen LogP contribution in [0.5, 0.6) is 0 Å². The van der Waals surface area contributed by atoms with Crippen LogP contribution in [0.4, 0.5) is 0 Å². The maximum atomic E-state index is 13.2. The molecule has 0 N–H and O–H groups in total. The Balaban J connectivity index is 2.39. The van der Waals surface area contributed by atoms with Gasteiger partial charge < -0.3 is 18.6 Å². The standard InChI is InChI=1S/C20H26N2O5/c1-7-26-20(25)18-12(2)17(13(3)21(18)6)19(24)14(4)22(15(5)23)11-16-9-8-10-27-16/h8-10,14H,7,11H2,1-6H3. The van der Waals surface area contributed by atoms with Crippen molar-refractivity contribution < 1.29 is 23.5 Å². The normalized spacial score (nSPS) is 11.9. The van der Waals surface area contributed by atoms with E-state index in [4.69, 9.17) is 9.15 Å². The van der Waals surface area contributed by atoms with Gasteiger partial charge in [0.2, 0.25) is 5.91 Å². The Kier molecular flexibility index (Phi) is 6.25. The maximum absolute atomic E-state index is 13.2. The molecule has 0 fully saturated rings. The number of hydrogen-bond donors (Lipinski definition) is 0. The van der Waals surface area contributed by atoms with Gasteiger partial charge in [-0.25, -0.2) is 4.79 Å². The molecule has 146 valence electrons. The maximum Gasteiger partial charge on any atom is 0.355 e. The number of carbonyl (C=O) groups excluding carboxylic acids is 3. The molecule has 2 rings (SSSR count). The van der Waals surface area contributed by atoms with Crippen LogP contribution in [-0.4, -0.2) is 39.8 Å². The highest BCUT2D eigenvalue weighted by molar-refractivity contribution is 6.06. The molecule has 0 aromatic carbocycles. The summed E-state index contributed by atoms with van der Waals surface area (Å²) < 4.78 is 12.1. The summed E-state index contributed by atoms with van der Waals surface area (Å²) in [5.41, 5.74) is 2.02. The number of ketones is 1. The van der Waals surface area contributed by atoms with Crippen molar-refractivity contribution in [3.63, 3.8) is 0 Å². The number of esters is 1. The average molecular weight is 374 g/mol. The molecule has 0 saturated heterocycles. The summed E-state index contributed by atoms with van der Waals surface area (Å²) in [4.78, 5) is 39.1. The number of furan rings is 1. The molecule has 1 atom stereocenters. The van der Waals surface area contributed by atoms with Crippen LogP contribution in [0, 0.1) is 13.8 Å². The van der Waals surface area contributed by atoms with Gasteiger partial charge in [-0.05, 0) is 45.4 Å². The van der Waals surface area contributed by atoms with E-state index in [0.717, 1.165) is 0 Å². The minimum absolute atomic E-state index is 0.199. The van der Waals surface area contributed by atoms with E-state index in [9.17, 15) is 14.4 Å². The fourth-order valence-corrected chi connectivity index (χ4v) is 3.27. The molecule has 0 aliphatic carbocycles. The molecule has 7 heteroatoms.